The maximum Gasteiger partial charge on any atom is 0.242 e. The van der Waals surface area contributed by atoms with E-state index in [0.29, 0.717) is 12.4 Å². The Bertz CT molecular complexity index is 265. The molecule has 0 radical (unpaired) electrons. The number of amides is 1. The van der Waals surface area contributed by atoms with E-state index in [2.05, 4.69) is 10.3 Å². The zero-order valence-corrected chi connectivity index (χ0v) is 6.74. The van der Waals surface area contributed by atoms with Gasteiger partial charge in [0, 0.05) is 6.04 Å². The van der Waals surface area contributed by atoms with Gasteiger partial charge in [0.2, 0.25) is 5.91 Å². The molecule has 1 rings (SSSR count). The van der Waals surface area contributed by atoms with Crippen LogP contribution in [0.15, 0.2) is 4.99 Å². The van der Waals surface area contributed by atoms with E-state index in [4.69, 9.17) is 11.0 Å². The summed E-state index contributed by atoms with van der Waals surface area (Å²) in [5.74, 6) is -1.18. The van der Waals surface area contributed by atoms with Crippen LogP contribution in [-0.4, -0.2) is 24.3 Å². The minimum atomic E-state index is -0.921. The molecule has 1 amide bonds. The summed E-state index contributed by atoms with van der Waals surface area (Å²) in [7, 11) is 0. The van der Waals surface area contributed by atoms with Crippen molar-refractivity contribution in [2.24, 2.45) is 16.6 Å². The van der Waals surface area contributed by atoms with E-state index in [1.54, 1.807) is 6.07 Å². The minimum Gasteiger partial charge on any atom is -0.368 e. The van der Waals surface area contributed by atoms with Gasteiger partial charge in [-0.25, -0.2) is 0 Å². The summed E-state index contributed by atoms with van der Waals surface area (Å²) in [6.45, 7) is 2.52. The van der Waals surface area contributed by atoms with Gasteiger partial charge in [0.15, 0.2) is 5.92 Å². The van der Waals surface area contributed by atoms with Crippen LogP contribution in [0.3, 0.4) is 0 Å². The topological polar surface area (TPSA) is 91.3 Å². The van der Waals surface area contributed by atoms with Crippen LogP contribution < -0.4 is 11.1 Å². The first-order valence-corrected chi connectivity index (χ1v) is 3.65. The van der Waals surface area contributed by atoms with Gasteiger partial charge in [0.1, 0.15) is 5.84 Å². The Hall–Kier alpha value is -1.57. The van der Waals surface area contributed by atoms with Gasteiger partial charge in [-0.05, 0) is 6.92 Å². The van der Waals surface area contributed by atoms with E-state index in [0.717, 1.165) is 0 Å². The van der Waals surface area contributed by atoms with Gasteiger partial charge in [0.25, 0.3) is 0 Å². The van der Waals surface area contributed by atoms with Gasteiger partial charge in [0.05, 0.1) is 12.6 Å². The zero-order valence-electron chi connectivity index (χ0n) is 6.74. The lowest BCUT2D eigenvalue weighted by molar-refractivity contribution is -0.118. The monoisotopic (exact) mass is 166 g/mol. The fourth-order valence-corrected chi connectivity index (χ4v) is 1.01. The average Bonchev–Trinajstić information content (AvgIpc) is 2.37. The number of primary amides is 1. The van der Waals surface area contributed by atoms with Crippen LogP contribution >= 0.6 is 0 Å². The number of nitrogens with one attached hydrogen (secondary N) is 1. The molecule has 0 aromatic heterocycles. The summed E-state index contributed by atoms with van der Waals surface area (Å²) in [5, 5.41) is 11.5. The quantitative estimate of drug-likeness (QED) is 0.551. The van der Waals surface area contributed by atoms with Crippen molar-refractivity contribution in [2.75, 3.05) is 6.54 Å². The maximum absolute atomic E-state index is 10.7. The van der Waals surface area contributed by atoms with Crippen molar-refractivity contribution < 1.29 is 4.79 Å². The van der Waals surface area contributed by atoms with Crippen LogP contribution in [0.5, 0.6) is 0 Å². The van der Waals surface area contributed by atoms with E-state index in [1.807, 2.05) is 6.92 Å². The SMILES string of the molecule is CC1CN=C(C(C#N)C(N)=O)N1. The van der Waals surface area contributed by atoms with Crippen LogP contribution in [0, 0.1) is 17.2 Å². The van der Waals surface area contributed by atoms with Gasteiger partial charge in [-0.1, -0.05) is 0 Å². The van der Waals surface area contributed by atoms with Crippen molar-refractivity contribution in [3.63, 3.8) is 0 Å². The molecule has 12 heavy (non-hydrogen) atoms. The molecule has 1 heterocycles. The van der Waals surface area contributed by atoms with Crippen molar-refractivity contribution >= 4 is 11.7 Å². The second-order valence-electron chi connectivity index (χ2n) is 2.74. The predicted molar refractivity (Wildman–Crippen MR) is 43.2 cm³/mol. The molecule has 0 saturated carbocycles. The first kappa shape index (κ1) is 8.53. The van der Waals surface area contributed by atoms with E-state index in [9.17, 15) is 4.79 Å². The first-order chi connectivity index (χ1) is 5.65. The highest BCUT2D eigenvalue weighted by atomic mass is 16.1. The lowest BCUT2D eigenvalue weighted by Crippen LogP contribution is -2.38. The van der Waals surface area contributed by atoms with Crippen LogP contribution in [0.4, 0.5) is 0 Å². The second-order valence-corrected chi connectivity index (χ2v) is 2.74. The van der Waals surface area contributed by atoms with Gasteiger partial charge < -0.3 is 11.1 Å². The largest absolute Gasteiger partial charge is 0.368 e. The number of aliphatic imine (C=N–C) groups is 1. The number of nitrogens with zero attached hydrogens (tertiary/aromatic N) is 2. The lowest BCUT2D eigenvalue weighted by atomic mass is 10.1. The molecule has 0 aromatic carbocycles. The Kier molecular flexibility index (Phi) is 2.29. The third-order valence-electron chi connectivity index (χ3n) is 1.62. The highest BCUT2D eigenvalue weighted by molar-refractivity contribution is 6.05. The summed E-state index contributed by atoms with van der Waals surface area (Å²) >= 11 is 0. The number of hydrogen-bond acceptors (Lipinski definition) is 4. The smallest absolute Gasteiger partial charge is 0.242 e. The number of hydrogen-bond donors (Lipinski definition) is 2. The van der Waals surface area contributed by atoms with Gasteiger partial charge in [-0.15, -0.1) is 0 Å². The number of nitriles is 1. The summed E-state index contributed by atoms with van der Waals surface area (Å²) < 4.78 is 0. The minimum absolute atomic E-state index is 0.190. The standard InChI is InChI=1S/C7H10N4O/c1-4-3-10-7(11-4)5(2-8)6(9)12/h4-5H,3H2,1H3,(H2,9,12)(H,10,11). The molecule has 0 bridgehead atoms. The molecule has 5 heteroatoms. The molecule has 0 spiro atoms. The maximum atomic E-state index is 10.7. The van der Waals surface area contributed by atoms with Crippen LogP contribution in [0.2, 0.25) is 0 Å². The Morgan fingerprint density at radius 2 is 2.67 bits per heavy atom. The second kappa shape index (κ2) is 3.22. The van der Waals surface area contributed by atoms with E-state index in [1.165, 1.54) is 0 Å². The van der Waals surface area contributed by atoms with E-state index < -0.39 is 11.8 Å². The summed E-state index contributed by atoms with van der Waals surface area (Å²) in [5.41, 5.74) is 4.99. The van der Waals surface area contributed by atoms with Gasteiger partial charge in [-0.2, -0.15) is 5.26 Å². The Morgan fingerprint density at radius 3 is 3.00 bits per heavy atom. The number of carbonyl (C=O) groups is 1. The molecule has 1 aliphatic rings. The molecule has 0 fully saturated rings. The Labute approximate surface area is 70.3 Å². The van der Waals surface area contributed by atoms with Crippen molar-refractivity contribution in [2.45, 2.75) is 13.0 Å². The first-order valence-electron chi connectivity index (χ1n) is 3.65. The van der Waals surface area contributed by atoms with Crippen LogP contribution in [0.25, 0.3) is 0 Å². The lowest BCUT2D eigenvalue weighted by Gasteiger charge is -2.07. The number of carbonyl (C=O) groups excluding carboxylic acids is 1. The third kappa shape index (κ3) is 1.53. The van der Waals surface area contributed by atoms with E-state index in [-0.39, 0.29) is 6.04 Å². The highest BCUT2D eigenvalue weighted by Gasteiger charge is 2.25. The van der Waals surface area contributed by atoms with Crippen molar-refractivity contribution in [1.82, 2.24) is 5.32 Å². The normalized spacial score (nSPS) is 23.7. The highest BCUT2D eigenvalue weighted by Crippen LogP contribution is 2.03. The molecule has 1 aliphatic heterocycles. The summed E-state index contributed by atoms with van der Waals surface area (Å²) in [6.07, 6.45) is 0. The molecule has 0 aromatic rings. The third-order valence-corrected chi connectivity index (χ3v) is 1.62. The van der Waals surface area contributed by atoms with Crippen molar-refractivity contribution in [1.29, 1.82) is 5.26 Å². The molecule has 5 nitrogen and oxygen atoms in total. The average molecular weight is 166 g/mol. The van der Waals surface area contributed by atoms with Crippen molar-refractivity contribution in [3.8, 4) is 6.07 Å². The molecule has 0 aliphatic carbocycles. The number of nitrogens with two attached hydrogens (primary N) is 1. The summed E-state index contributed by atoms with van der Waals surface area (Å²) in [4.78, 5) is 14.7. The number of amidine groups is 1. The fraction of sp³-hybridized carbons (Fsp3) is 0.571. The molecule has 0 saturated heterocycles. The number of rotatable bonds is 2. The fourth-order valence-electron chi connectivity index (χ4n) is 1.01. The summed E-state index contributed by atoms with van der Waals surface area (Å²) in [6, 6.07) is 1.99. The van der Waals surface area contributed by atoms with Crippen molar-refractivity contribution in [3.05, 3.63) is 0 Å². The van der Waals surface area contributed by atoms with Gasteiger partial charge in [-0.3, -0.25) is 9.79 Å². The molecular weight excluding hydrogens is 156 g/mol. The zero-order chi connectivity index (χ0) is 9.14. The molecule has 64 valence electrons. The Balaban J connectivity index is 2.70. The predicted octanol–water partition coefficient (Wildman–Crippen LogP) is -0.998. The van der Waals surface area contributed by atoms with Gasteiger partial charge >= 0.3 is 0 Å². The molecular formula is C7H10N4O. The Morgan fingerprint density at radius 1 is 2.00 bits per heavy atom. The molecule has 3 N–H and O–H groups in total. The molecule has 2 atom stereocenters. The molecule has 2 unspecified atom stereocenters. The van der Waals surface area contributed by atoms with Crippen LogP contribution in [-0.2, 0) is 4.79 Å². The van der Waals surface area contributed by atoms with E-state index >= 15 is 0 Å². The van der Waals surface area contributed by atoms with Crippen LogP contribution in [0.1, 0.15) is 6.92 Å².